The standard InChI is InChI=1S/C16H18ClNO/c1-11-7-8-16(15(17)9-11)18-12(2)13-5-4-6-14(10-13)19-3/h4-10,12,18H,1-3H3. The first-order valence-corrected chi connectivity index (χ1v) is 6.64. The third-order valence-corrected chi connectivity index (χ3v) is 3.40. The fraction of sp³-hybridized carbons (Fsp3) is 0.250. The number of hydrogen-bond acceptors (Lipinski definition) is 2. The van der Waals surface area contributed by atoms with E-state index in [0.717, 1.165) is 27.6 Å². The largest absolute Gasteiger partial charge is 0.497 e. The number of halogens is 1. The average molecular weight is 276 g/mol. The van der Waals surface area contributed by atoms with Crippen molar-refractivity contribution < 1.29 is 4.74 Å². The van der Waals surface area contributed by atoms with Gasteiger partial charge in [0.05, 0.1) is 17.8 Å². The summed E-state index contributed by atoms with van der Waals surface area (Å²) in [6.45, 7) is 4.13. The van der Waals surface area contributed by atoms with Crippen LogP contribution in [0, 0.1) is 6.92 Å². The number of aryl methyl sites for hydroxylation is 1. The maximum atomic E-state index is 6.23. The van der Waals surface area contributed by atoms with Crippen LogP contribution in [0.15, 0.2) is 42.5 Å². The first-order chi connectivity index (χ1) is 9.10. The molecule has 0 aliphatic carbocycles. The van der Waals surface area contributed by atoms with Crippen molar-refractivity contribution in [3.63, 3.8) is 0 Å². The summed E-state index contributed by atoms with van der Waals surface area (Å²) in [5.41, 5.74) is 3.27. The van der Waals surface area contributed by atoms with Gasteiger partial charge in [0.1, 0.15) is 5.75 Å². The van der Waals surface area contributed by atoms with Crippen molar-refractivity contribution in [2.75, 3.05) is 12.4 Å². The molecule has 0 aliphatic heterocycles. The van der Waals surface area contributed by atoms with Gasteiger partial charge in [-0.1, -0.05) is 29.8 Å². The second-order valence-corrected chi connectivity index (χ2v) is 5.03. The van der Waals surface area contributed by atoms with E-state index in [1.807, 2.05) is 43.3 Å². The predicted octanol–water partition coefficient (Wildman–Crippen LogP) is 4.83. The van der Waals surface area contributed by atoms with E-state index in [4.69, 9.17) is 16.3 Å². The summed E-state index contributed by atoms with van der Waals surface area (Å²) in [6, 6.07) is 14.2. The van der Waals surface area contributed by atoms with E-state index in [9.17, 15) is 0 Å². The first-order valence-electron chi connectivity index (χ1n) is 6.27. The van der Waals surface area contributed by atoms with E-state index in [2.05, 4.69) is 18.3 Å². The molecule has 2 aromatic carbocycles. The first kappa shape index (κ1) is 13.8. The smallest absolute Gasteiger partial charge is 0.119 e. The zero-order valence-electron chi connectivity index (χ0n) is 11.4. The van der Waals surface area contributed by atoms with Crippen LogP contribution in [0.1, 0.15) is 24.1 Å². The van der Waals surface area contributed by atoms with Crippen LogP contribution in [-0.2, 0) is 0 Å². The molecule has 0 radical (unpaired) electrons. The van der Waals surface area contributed by atoms with E-state index >= 15 is 0 Å². The maximum Gasteiger partial charge on any atom is 0.119 e. The average Bonchev–Trinajstić information content (AvgIpc) is 2.42. The van der Waals surface area contributed by atoms with Crippen LogP contribution in [0.4, 0.5) is 5.69 Å². The molecule has 1 N–H and O–H groups in total. The quantitative estimate of drug-likeness (QED) is 0.863. The summed E-state index contributed by atoms with van der Waals surface area (Å²) in [7, 11) is 1.67. The van der Waals surface area contributed by atoms with Crippen molar-refractivity contribution in [1.29, 1.82) is 0 Å². The lowest BCUT2D eigenvalue weighted by atomic mass is 10.1. The fourth-order valence-corrected chi connectivity index (χ4v) is 2.25. The van der Waals surface area contributed by atoms with Crippen molar-refractivity contribution in [1.82, 2.24) is 0 Å². The Morgan fingerprint density at radius 3 is 2.63 bits per heavy atom. The maximum absolute atomic E-state index is 6.23. The van der Waals surface area contributed by atoms with E-state index in [1.54, 1.807) is 7.11 Å². The summed E-state index contributed by atoms with van der Waals surface area (Å²) in [4.78, 5) is 0. The van der Waals surface area contributed by atoms with Gasteiger partial charge in [0.15, 0.2) is 0 Å². The summed E-state index contributed by atoms with van der Waals surface area (Å²) in [6.07, 6.45) is 0. The number of ether oxygens (including phenoxy) is 1. The number of nitrogens with one attached hydrogen (secondary N) is 1. The molecule has 2 aromatic rings. The molecule has 2 rings (SSSR count). The number of benzene rings is 2. The highest BCUT2D eigenvalue weighted by Crippen LogP contribution is 2.28. The lowest BCUT2D eigenvalue weighted by molar-refractivity contribution is 0.414. The van der Waals surface area contributed by atoms with Crippen LogP contribution in [0.3, 0.4) is 0 Å². The zero-order chi connectivity index (χ0) is 13.8. The lowest BCUT2D eigenvalue weighted by Crippen LogP contribution is -2.07. The molecule has 0 heterocycles. The molecule has 0 bridgehead atoms. The molecule has 0 saturated carbocycles. The number of hydrogen-bond donors (Lipinski definition) is 1. The van der Waals surface area contributed by atoms with Crippen LogP contribution in [0.2, 0.25) is 5.02 Å². The van der Waals surface area contributed by atoms with Gasteiger partial charge in [-0.25, -0.2) is 0 Å². The summed E-state index contributed by atoms with van der Waals surface area (Å²) >= 11 is 6.23. The third-order valence-electron chi connectivity index (χ3n) is 3.09. The highest BCUT2D eigenvalue weighted by atomic mass is 35.5. The molecule has 0 fully saturated rings. The second-order valence-electron chi connectivity index (χ2n) is 4.63. The molecule has 0 spiro atoms. The molecular formula is C16H18ClNO. The van der Waals surface area contributed by atoms with Crippen LogP contribution in [0.25, 0.3) is 0 Å². The van der Waals surface area contributed by atoms with Crippen LogP contribution < -0.4 is 10.1 Å². The molecule has 0 aromatic heterocycles. The van der Waals surface area contributed by atoms with Gasteiger partial charge in [-0.15, -0.1) is 0 Å². The van der Waals surface area contributed by atoms with Gasteiger partial charge >= 0.3 is 0 Å². The predicted molar refractivity (Wildman–Crippen MR) is 81.2 cm³/mol. The summed E-state index contributed by atoms with van der Waals surface area (Å²) in [5.74, 6) is 0.862. The van der Waals surface area contributed by atoms with E-state index in [-0.39, 0.29) is 6.04 Å². The molecule has 0 amide bonds. The van der Waals surface area contributed by atoms with Gasteiger partial charge < -0.3 is 10.1 Å². The van der Waals surface area contributed by atoms with Crippen molar-refractivity contribution in [3.8, 4) is 5.75 Å². The molecule has 2 nitrogen and oxygen atoms in total. The van der Waals surface area contributed by atoms with Crippen LogP contribution >= 0.6 is 11.6 Å². The molecule has 1 unspecified atom stereocenters. The Hall–Kier alpha value is -1.67. The molecule has 3 heteroatoms. The Balaban J connectivity index is 2.17. The van der Waals surface area contributed by atoms with Crippen molar-refractivity contribution in [2.24, 2.45) is 0 Å². The van der Waals surface area contributed by atoms with E-state index < -0.39 is 0 Å². The van der Waals surface area contributed by atoms with Gasteiger partial charge in [-0.3, -0.25) is 0 Å². The minimum Gasteiger partial charge on any atom is -0.497 e. The molecule has 100 valence electrons. The Morgan fingerprint density at radius 2 is 1.95 bits per heavy atom. The highest BCUT2D eigenvalue weighted by Gasteiger charge is 2.08. The van der Waals surface area contributed by atoms with E-state index in [0.29, 0.717) is 0 Å². The SMILES string of the molecule is COc1cccc(C(C)Nc2ccc(C)cc2Cl)c1. The van der Waals surface area contributed by atoms with E-state index in [1.165, 1.54) is 0 Å². The molecule has 0 aliphatic rings. The number of methoxy groups -OCH3 is 1. The molecule has 0 saturated heterocycles. The Kier molecular flexibility index (Phi) is 4.33. The second kappa shape index (κ2) is 5.98. The summed E-state index contributed by atoms with van der Waals surface area (Å²) in [5, 5.41) is 4.16. The number of rotatable bonds is 4. The molecule has 1 atom stereocenters. The van der Waals surface area contributed by atoms with Gasteiger partial charge in [-0.05, 0) is 49.2 Å². The van der Waals surface area contributed by atoms with Crippen LogP contribution in [0.5, 0.6) is 5.75 Å². The van der Waals surface area contributed by atoms with Crippen molar-refractivity contribution in [2.45, 2.75) is 19.9 Å². The fourth-order valence-electron chi connectivity index (χ4n) is 1.96. The minimum absolute atomic E-state index is 0.162. The van der Waals surface area contributed by atoms with Gasteiger partial charge in [0, 0.05) is 6.04 Å². The van der Waals surface area contributed by atoms with Crippen molar-refractivity contribution in [3.05, 3.63) is 58.6 Å². The number of anilines is 1. The zero-order valence-corrected chi connectivity index (χ0v) is 12.2. The monoisotopic (exact) mass is 275 g/mol. The molecule has 19 heavy (non-hydrogen) atoms. The van der Waals surface area contributed by atoms with Crippen molar-refractivity contribution >= 4 is 17.3 Å². The normalized spacial score (nSPS) is 12.0. The van der Waals surface area contributed by atoms with Gasteiger partial charge in [0.25, 0.3) is 0 Å². The minimum atomic E-state index is 0.162. The van der Waals surface area contributed by atoms with Gasteiger partial charge in [-0.2, -0.15) is 0 Å². The topological polar surface area (TPSA) is 21.3 Å². The highest BCUT2D eigenvalue weighted by molar-refractivity contribution is 6.33. The Morgan fingerprint density at radius 1 is 1.16 bits per heavy atom. The Labute approximate surface area is 119 Å². The lowest BCUT2D eigenvalue weighted by Gasteiger charge is -2.17. The van der Waals surface area contributed by atoms with Gasteiger partial charge in [0.2, 0.25) is 0 Å². The third kappa shape index (κ3) is 3.42. The summed E-state index contributed by atoms with van der Waals surface area (Å²) < 4.78 is 5.24. The Bertz CT molecular complexity index is 568. The molecular weight excluding hydrogens is 258 g/mol. The van der Waals surface area contributed by atoms with Crippen LogP contribution in [-0.4, -0.2) is 7.11 Å².